The Balaban J connectivity index is 2.58. The van der Waals surface area contributed by atoms with Gasteiger partial charge in [-0.15, -0.1) is 0 Å². The fourth-order valence-electron chi connectivity index (χ4n) is 2.74. The summed E-state index contributed by atoms with van der Waals surface area (Å²) in [5, 5.41) is 13.9. The third-order valence-electron chi connectivity index (χ3n) is 3.71. The van der Waals surface area contributed by atoms with Crippen LogP contribution < -0.4 is 11.1 Å². The summed E-state index contributed by atoms with van der Waals surface area (Å²) in [6.45, 7) is 5.70. The van der Waals surface area contributed by atoms with Crippen LogP contribution in [0.2, 0.25) is 0 Å². The molecule has 0 aliphatic carbocycles. The van der Waals surface area contributed by atoms with Gasteiger partial charge in [-0.1, -0.05) is 38.8 Å². The van der Waals surface area contributed by atoms with Gasteiger partial charge in [0.25, 0.3) is 0 Å². The van der Waals surface area contributed by atoms with Crippen molar-refractivity contribution in [1.82, 2.24) is 0 Å². The van der Waals surface area contributed by atoms with Gasteiger partial charge in [0.1, 0.15) is 0 Å². The first-order valence-corrected chi connectivity index (χ1v) is 7.89. The Morgan fingerprint density at radius 3 is 2.45 bits per heavy atom. The molecule has 1 aromatic rings. The molecule has 0 aromatic heterocycles. The molecule has 114 valence electrons. The smallest absolute Gasteiger partial charge is 0.0650 e. The van der Waals surface area contributed by atoms with Gasteiger partial charge in [0.05, 0.1) is 5.60 Å². The molecule has 1 aromatic carbocycles. The van der Waals surface area contributed by atoms with Crippen molar-refractivity contribution in [3.05, 3.63) is 29.8 Å². The molecule has 3 nitrogen and oxygen atoms in total. The van der Waals surface area contributed by atoms with E-state index in [1.807, 2.05) is 0 Å². The summed E-state index contributed by atoms with van der Waals surface area (Å²) in [6, 6.07) is 8.41. The number of hydrogen-bond acceptors (Lipinski definition) is 3. The molecule has 0 amide bonds. The fourth-order valence-corrected chi connectivity index (χ4v) is 2.74. The summed E-state index contributed by atoms with van der Waals surface area (Å²) >= 11 is 0. The van der Waals surface area contributed by atoms with Crippen LogP contribution in [-0.4, -0.2) is 23.8 Å². The van der Waals surface area contributed by atoms with Gasteiger partial charge in [-0.05, 0) is 43.4 Å². The van der Waals surface area contributed by atoms with Gasteiger partial charge >= 0.3 is 0 Å². The van der Waals surface area contributed by atoms with E-state index in [1.54, 1.807) is 0 Å². The topological polar surface area (TPSA) is 58.3 Å². The zero-order valence-corrected chi connectivity index (χ0v) is 13.0. The van der Waals surface area contributed by atoms with Gasteiger partial charge < -0.3 is 16.2 Å². The Labute approximate surface area is 123 Å². The van der Waals surface area contributed by atoms with Gasteiger partial charge in [0, 0.05) is 18.8 Å². The minimum atomic E-state index is -0.496. The Bertz CT molecular complexity index is 373. The number of rotatable bonds is 10. The molecule has 20 heavy (non-hydrogen) atoms. The normalized spacial score (nSPS) is 11.6. The van der Waals surface area contributed by atoms with Gasteiger partial charge in [-0.3, -0.25) is 0 Å². The number of anilines is 1. The number of benzene rings is 1. The maximum atomic E-state index is 10.7. The van der Waals surface area contributed by atoms with Crippen molar-refractivity contribution < 1.29 is 5.11 Å². The van der Waals surface area contributed by atoms with Crippen LogP contribution >= 0.6 is 0 Å². The van der Waals surface area contributed by atoms with Gasteiger partial charge in [-0.25, -0.2) is 0 Å². The third kappa shape index (κ3) is 5.93. The van der Waals surface area contributed by atoms with Crippen LogP contribution in [0.25, 0.3) is 0 Å². The van der Waals surface area contributed by atoms with Crippen LogP contribution in [-0.2, 0) is 6.42 Å². The predicted molar refractivity (Wildman–Crippen MR) is 87.1 cm³/mol. The van der Waals surface area contributed by atoms with Crippen LogP contribution in [0, 0.1) is 0 Å². The molecule has 0 fully saturated rings. The van der Waals surface area contributed by atoms with Gasteiger partial charge in [0.15, 0.2) is 0 Å². The van der Waals surface area contributed by atoms with E-state index in [-0.39, 0.29) is 0 Å². The van der Waals surface area contributed by atoms with Crippen LogP contribution in [0.5, 0.6) is 0 Å². The van der Waals surface area contributed by atoms with Crippen LogP contribution in [0.15, 0.2) is 24.3 Å². The summed E-state index contributed by atoms with van der Waals surface area (Å²) < 4.78 is 0. The molecule has 0 radical (unpaired) electrons. The number of nitrogens with two attached hydrogens (primary N) is 1. The lowest BCUT2D eigenvalue weighted by atomic mass is 9.86. The third-order valence-corrected chi connectivity index (χ3v) is 3.71. The first-order valence-electron chi connectivity index (χ1n) is 7.89. The Kier molecular flexibility index (Phi) is 7.63. The van der Waals surface area contributed by atoms with E-state index >= 15 is 0 Å². The van der Waals surface area contributed by atoms with Crippen LogP contribution in [0.3, 0.4) is 0 Å². The Hall–Kier alpha value is -1.06. The molecule has 0 unspecified atom stereocenters. The van der Waals surface area contributed by atoms with Gasteiger partial charge in [-0.2, -0.15) is 0 Å². The molecule has 0 saturated carbocycles. The average molecular weight is 278 g/mol. The predicted octanol–water partition coefficient (Wildman–Crippen LogP) is 3.32. The van der Waals surface area contributed by atoms with Crippen molar-refractivity contribution in [2.45, 2.75) is 58.0 Å². The number of aliphatic hydroxyl groups is 1. The van der Waals surface area contributed by atoms with Crippen LogP contribution in [0.4, 0.5) is 5.69 Å². The second-order valence-corrected chi connectivity index (χ2v) is 5.64. The standard InChI is InChI=1S/C17H30N2O/c1-3-9-17(20,10-4-2)11-8-15-6-5-7-16(14-15)19-13-12-18/h5-7,14,19-20H,3-4,8-13,18H2,1-2H3. The second-order valence-electron chi connectivity index (χ2n) is 5.64. The van der Waals surface area contributed by atoms with Crippen LogP contribution in [0.1, 0.15) is 51.5 Å². The zero-order valence-electron chi connectivity index (χ0n) is 13.0. The second kappa shape index (κ2) is 8.98. The number of aryl methyl sites for hydroxylation is 1. The summed E-state index contributed by atoms with van der Waals surface area (Å²) in [5.41, 5.74) is 7.39. The molecule has 0 heterocycles. The number of nitrogens with one attached hydrogen (secondary N) is 1. The highest BCUT2D eigenvalue weighted by Gasteiger charge is 2.24. The maximum absolute atomic E-state index is 10.7. The highest BCUT2D eigenvalue weighted by atomic mass is 16.3. The summed E-state index contributed by atoms with van der Waals surface area (Å²) in [7, 11) is 0. The molecule has 0 saturated heterocycles. The first kappa shape index (κ1) is 17.0. The molecule has 4 N–H and O–H groups in total. The fraction of sp³-hybridized carbons (Fsp3) is 0.647. The molecule has 0 atom stereocenters. The SMILES string of the molecule is CCCC(O)(CCC)CCc1cccc(NCCN)c1. The van der Waals surface area contributed by atoms with E-state index in [1.165, 1.54) is 5.56 Å². The van der Waals surface area contributed by atoms with Crippen molar-refractivity contribution in [3.8, 4) is 0 Å². The molecular weight excluding hydrogens is 248 g/mol. The summed E-state index contributed by atoms with van der Waals surface area (Å²) in [6.07, 6.45) is 5.63. The van der Waals surface area contributed by atoms with Crippen molar-refractivity contribution >= 4 is 5.69 Å². The van der Waals surface area contributed by atoms with E-state index < -0.39 is 5.60 Å². The molecule has 0 aliphatic rings. The van der Waals surface area contributed by atoms with Crippen molar-refractivity contribution in [1.29, 1.82) is 0 Å². The van der Waals surface area contributed by atoms with Gasteiger partial charge in [0.2, 0.25) is 0 Å². The lowest BCUT2D eigenvalue weighted by Crippen LogP contribution is -2.28. The minimum Gasteiger partial charge on any atom is -0.390 e. The lowest BCUT2D eigenvalue weighted by Gasteiger charge is -2.27. The largest absolute Gasteiger partial charge is 0.390 e. The molecule has 1 rings (SSSR count). The van der Waals surface area contributed by atoms with E-state index in [0.717, 1.165) is 50.8 Å². The van der Waals surface area contributed by atoms with Crippen molar-refractivity contribution in [3.63, 3.8) is 0 Å². The molecule has 3 heteroatoms. The number of hydrogen-bond donors (Lipinski definition) is 3. The minimum absolute atomic E-state index is 0.496. The summed E-state index contributed by atoms with van der Waals surface area (Å²) in [4.78, 5) is 0. The Morgan fingerprint density at radius 2 is 1.85 bits per heavy atom. The van der Waals surface area contributed by atoms with E-state index in [0.29, 0.717) is 6.54 Å². The highest BCUT2D eigenvalue weighted by Crippen LogP contribution is 2.26. The highest BCUT2D eigenvalue weighted by molar-refractivity contribution is 5.45. The lowest BCUT2D eigenvalue weighted by molar-refractivity contribution is 0.0132. The van der Waals surface area contributed by atoms with Crippen molar-refractivity contribution in [2.24, 2.45) is 5.73 Å². The average Bonchev–Trinajstić information content (AvgIpc) is 2.44. The maximum Gasteiger partial charge on any atom is 0.0650 e. The molecule has 0 bridgehead atoms. The Morgan fingerprint density at radius 1 is 1.15 bits per heavy atom. The molecular formula is C17H30N2O. The van der Waals surface area contributed by atoms with E-state index in [4.69, 9.17) is 5.73 Å². The zero-order chi connectivity index (χ0) is 14.8. The monoisotopic (exact) mass is 278 g/mol. The molecule has 0 spiro atoms. The summed E-state index contributed by atoms with van der Waals surface area (Å²) in [5.74, 6) is 0. The first-order chi connectivity index (χ1) is 9.63. The van der Waals surface area contributed by atoms with E-state index in [2.05, 4.69) is 43.4 Å². The quantitative estimate of drug-likeness (QED) is 0.615. The van der Waals surface area contributed by atoms with E-state index in [9.17, 15) is 5.11 Å². The molecule has 0 aliphatic heterocycles. The van der Waals surface area contributed by atoms with Crippen molar-refractivity contribution in [2.75, 3.05) is 18.4 Å².